The average Bonchev–Trinajstić information content (AvgIpc) is 2.00. The molecule has 0 amide bonds. The first-order valence-electron chi connectivity index (χ1n) is 4.93. The van der Waals surface area contributed by atoms with Gasteiger partial charge in [0, 0.05) is 5.41 Å². The number of hydrogen-bond donors (Lipinski definition) is 1. The van der Waals surface area contributed by atoms with Gasteiger partial charge in [-0.25, -0.2) is 0 Å². The third-order valence-electron chi connectivity index (χ3n) is 3.64. The van der Waals surface area contributed by atoms with E-state index in [1.165, 1.54) is 0 Å². The molecule has 0 spiro atoms. The van der Waals surface area contributed by atoms with Crippen LogP contribution in [0.1, 0.15) is 33.6 Å². The third kappa shape index (κ3) is 1.71. The van der Waals surface area contributed by atoms with Crippen molar-refractivity contribution in [1.82, 2.24) is 0 Å². The number of allylic oxidation sites excluding steroid dienone is 2. The maximum atomic E-state index is 10.2. The summed E-state index contributed by atoms with van der Waals surface area (Å²) in [6.07, 6.45) is 7.98. The first-order valence-corrected chi connectivity index (χ1v) is 4.93. The second kappa shape index (κ2) is 3.30. The summed E-state index contributed by atoms with van der Waals surface area (Å²) in [6, 6.07) is 0. The summed E-state index contributed by atoms with van der Waals surface area (Å²) >= 11 is 0. The fourth-order valence-electron chi connectivity index (χ4n) is 1.98. The normalized spacial score (nSPS) is 37.4. The predicted octanol–water partition coefficient (Wildman–Crippen LogP) is 2.92. The van der Waals surface area contributed by atoms with E-state index in [9.17, 15) is 5.11 Å². The van der Waals surface area contributed by atoms with E-state index in [2.05, 4.69) is 26.5 Å². The summed E-state index contributed by atoms with van der Waals surface area (Å²) in [4.78, 5) is 0. The minimum atomic E-state index is -0.682. The van der Waals surface area contributed by atoms with Gasteiger partial charge in [-0.1, -0.05) is 32.1 Å². The van der Waals surface area contributed by atoms with E-state index in [1.807, 2.05) is 19.1 Å². The van der Waals surface area contributed by atoms with Gasteiger partial charge in [0.15, 0.2) is 0 Å². The molecule has 1 heteroatoms. The van der Waals surface area contributed by atoms with E-state index < -0.39 is 5.60 Å². The summed E-state index contributed by atoms with van der Waals surface area (Å²) < 4.78 is 0. The Labute approximate surface area is 81.2 Å². The first kappa shape index (κ1) is 10.5. The van der Waals surface area contributed by atoms with Gasteiger partial charge in [-0.2, -0.15) is 0 Å². The number of hydrogen-bond acceptors (Lipinski definition) is 1. The van der Waals surface area contributed by atoms with Crippen molar-refractivity contribution in [3.63, 3.8) is 0 Å². The number of rotatable bonds is 2. The zero-order valence-electron chi connectivity index (χ0n) is 8.88. The molecule has 0 aromatic rings. The summed E-state index contributed by atoms with van der Waals surface area (Å²) in [5.74, 6) is 0.505. The van der Waals surface area contributed by atoms with Crippen LogP contribution in [0.25, 0.3) is 0 Å². The van der Waals surface area contributed by atoms with Crippen molar-refractivity contribution >= 4 is 0 Å². The van der Waals surface area contributed by atoms with Gasteiger partial charge in [-0.15, -0.1) is 6.58 Å². The standard InChI is InChI=1S/C12H20O/c1-5-7-10-8-6-9-12(4,13)11(10,2)3/h5-6,9-10,13H,1,7-8H2,2-4H3/t10-,12?/m0/s1. The van der Waals surface area contributed by atoms with Gasteiger partial charge in [0.1, 0.15) is 0 Å². The van der Waals surface area contributed by atoms with Gasteiger partial charge in [0.05, 0.1) is 5.60 Å². The molecule has 74 valence electrons. The Balaban J connectivity index is 2.91. The first-order chi connectivity index (χ1) is 5.92. The van der Waals surface area contributed by atoms with Crippen LogP contribution in [0.4, 0.5) is 0 Å². The topological polar surface area (TPSA) is 20.2 Å². The van der Waals surface area contributed by atoms with Crippen LogP contribution in [0.3, 0.4) is 0 Å². The number of aliphatic hydroxyl groups is 1. The Morgan fingerprint density at radius 3 is 2.69 bits per heavy atom. The Morgan fingerprint density at radius 1 is 1.54 bits per heavy atom. The molecule has 1 aliphatic carbocycles. The van der Waals surface area contributed by atoms with Crippen molar-refractivity contribution < 1.29 is 5.11 Å². The summed E-state index contributed by atoms with van der Waals surface area (Å²) in [5, 5.41) is 10.2. The van der Waals surface area contributed by atoms with Crippen molar-refractivity contribution in [3.8, 4) is 0 Å². The average molecular weight is 180 g/mol. The second-order valence-electron chi connectivity index (χ2n) is 4.73. The lowest BCUT2D eigenvalue weighted by Crippen LogP contribution is -2.47. The summed E-state index contributed by atoms with van der Waals surface area (Å²) in [7, 11) is 0. The van der Waals surface area contributed by atoms with E-state index in [1.54, 1.807) is 0 Å². The molecule has 0 radical (unpaired) electrons. The molecule has 1 rings (SSSR count). The van der Waals surface area contributed by atoms with Gasteiger partial charge in [0.2, 0.25) is 0 Å². The molecule has 2 atom stereocenters. The lowest BCUT2D eigenvalue weighted by atomic mass is 9.62. The van der Waals surface area contributed by atoms with E-state index in [0.717, 1.165) is 12.8 Å². The highest BCUT2D eigenvalue weighted by Gasteiger charge is 2.44. The minimum Gasteiger partial charge on any atom is -0.386 e. The lowest BCUT2D eigenvalue weighted by molar-refractivity contribution is -0.0512. The predicted molar refractivity (Wildman–Crippen MR) is 56.5 cm³/mol. The monoisotopic (exact) mass is 180 g/mol. The maximum absolute atomic E-state index is 10.2. The molecule has 0 heterocycles. The van der Waals surface area contributed by atoms with E-state index >= 15 is 0 Å². The van der Waals surface area contributed by atoms with Crippen LogP contribution in [0.5, 0.6) is 0 Å². The Morgan fingerprint density at radius 2 is 2.15 bits per heavy atom. The molecule has 1 nitrogen and oxygen atoms in total. The van der Waals surface area contributed by atoms with Crippen molar-refractivity contribution in [3.05, 3.63) is 24.8 Å². The van der Waals surface area contributed by atoms with Crippen LogP contribution in [0.2, 0.25) is 0 Å². The van der Waals surface area contributed by atoms with Crippen molar-refractivity contribution in [2.45, 2.75) is 39.2 Å². The molecule has 0 fully saturated rings. The highest BCUT2D eigenvalue weighted by Crippen LogP contribution is 2.45. The molecule has 0 bridgehead atoms. The van der Waals surface area contributed by atoms with Crippen molar-refractivity contribution in [2.75, 3.05) is 0 Å². The minimum absolute atomic E-state index is 0.0596. The molecular formula is C12H20O. The molecule has 0 aliphatic heterocycles. The summed E-state index contributed by atoms with van der Waals surface area (Å²) in [6.45, 7) is 9.91. The molecule has 0 saturated heterocycles. The zero-order valence-corrected chi connectivity index (χ0v) is 8.88. The molecule has 0 aromatic carbocycles. The maximum Gasteiger partial charge on any atom is 0.0853 e. The largest absolute Gasteiger partial charge is 0.386 e. The van der Waals surface area contributed by atoms with Crippen molar-refractivity contribution in [2.24, 2.45) is 11.3 Å². The highest BCUT2D eigenvalue weighted by molar-refractivity contribution is 5.14. The van der Waals surface area contributed by atoms with Gasteiger partial charge in [0.25, 0.3) is 0 Å². The zero-order chi connectivity index (χ0) is 10.1. The van der Waals surface area contributed by atoms with Crippen LogP contribution in [0.15, 0.2) is 24.8 Å². The fraction of sp³-hybridized carbons (Fsp3) is 0.667. The molecular weight excluding hydrogens is 160 g/mol. The Kier molecular flexibility index (Phi) is 2.67. The van der Waals surface area contributed by atoms with Gasteiger partial charge in [-0.3, -0.25) is 0 Å². The Hall–Kier alpha value is -0.560. The molecule has 0 saturated carbocycles. The molecule has 13 heavy (non-hydrogen) atoms. The van der Waals surface area contributed by atoms with Crippen LogP contribution in [-0.2, 0) is 0 Å². The van der Waals surface area contributed by atoms with Crippen LogP contribution in [-0.4, -0.2) is 10.7 Å². The lowest BCUT2D eigenvalue weighted by Gasteiger charge is -2.46. The second-order valence-corrected chi connectivity index (χ2v) is 4.73. The van der Waals surface area contributed by atoms with E-state index in [0.29, 0.717) is 5.92 Å². The van der Waals surface area contributed by atoms with Gasteiger partial charge >= 0.3 is 0 Å². The van der Waals surface area contributed by atoms with Gasteiger partial charge < -0.3 is 5.11 Å². The molecule has 0 aromatic heterocycles. The van der Waals surface area contributed by atoms with Crippen LogP contribution >= 0.6 is 0 Å². The molecule has 1 unspecified atom stereocenters. The molecule has 1 N–H and O–H groups in total. The van der Waals surface area contributed by atoms with Crippen LogP contribution < -0.4 is 0 Å². The van der Waals surface area contributed by atoms with Crippen molar-refractivity contribution in [1.29, 1.82) is 0 Å². The SMILES string of the molecule is C=CC[C@H]1CC=CC(C)(O)C1(C)C. The highest BCUT2D eigenvalue weighted by atomic mass is 16.3. The quantitative estimate of drug-likeness (QED) is 0.648. The fourth-order valence-corrected chi connectivity index (χ4v) is 1.98. The smallest absolute Gasteiger partial charge is 0.0853 e. The third-order valence-corrected chi connectivity index (χ3v) is 3.64. The van der Waals surface area contributed by atoms with Gasteiger partial charge in [-0.05, 0) is 25.7 Å². The molecule has 1 aliphatic rings. The van der Waals surface area contributed by atoms with E-state index in [4.69, 9.17) is 0 Å². The van der Waals surface area contributed by atoms with E-state index in [-0.39, 0.29) is 5.41 Å². The van der Waals surface area contributed by atoms with Crippen LogP contribution in [0, 0.1) is 11.3 Å². The summed E-state index contributed by atoms with van der Waals surface area (Å²) in [5.41, 5.74) is -0.741. The Bertz CT molecular complexity index is 223.